The number of rotatable bonds is 9. The zero-order valence-electron chi connectivity index (χ0n) is 26.9. The summed E-state index contributed by atoms with van der Waals surface area (Å²) in [6.45, 7) is 10.4. The molecular weight excluding hydrogens is 570 g/mol. The molecule has 2 heterocycles. The molecule has 1 aliphatic carbocycles. The van der Waals surface area contributed by atoms with E-state index in [9.17, 15) is 14.7 Å². The number of aliphatic hydroxyl groups excluding tert-OH is 1. The summed E-state index contributed by atoms with van der Waals surface area (Å²) in [5.41, 5.74) is 2.87. The Balaban J connectivity index is 1.41. The molecule has 6 atom stereocenters. The SMILES string of the molecule is C=CCOC(=O)Nc1cccc([C@@H]2O[C@H](CN3[C@@H](C(=O)NC(C)(C)C)CC[C@H]4CCCC[C@H]43)C[C@H](c3ccc(CO)cc3)O2)c1. The van der Waals surface area contributed by atoms with Crippen molar-refractivity contribution < 1.29 is 28.9 Å². The van der Waals surface area contributed by atoms with Crippen molar-refractivity contribution >= 4 is 17.7 Å². The van der Waals surface area contributed by atoms with Gasteiger partial charge in [0, 0.05) is 35.8 Å². The number of carbonyl (C=O) groups excluding carboxylic acids is 2. The standard InChI is InChI=1S/C36H49N3O6/c1-5-19-43-35(42)37-28-11-8-10-27(20-28)34-44-29(21-32(45-34)26-15-13-24(23-40)14-16-26)22-39-30-12-7-6-9-25(30)17-18-31(39)33(41)38-36(2,3)4/h5,8,10-11,13-16,20,25,29-32,34,40H,1,6-7,9,12,17-19,21-23H2,2-4H3,(H,37,42)(H,38,41)/t25-,29+,30-,31-,32-,34-/m1/s1. The second kappa shape index (κ2) is 14.9. The second-order valence-electron chi connectivity index (χ2n) is 13.6. The van der Waals surface area contributed by atoms with Gasteiger partial charge in [-0.1, -0.05) is 61.9 Å². The number of amides is 2. The van der Waals surface area contributed by atoms with Crippen molar-refractivity contribution in [2.45, 2.75) is 108 Å². The summed E-state index contributed by atoms with van der Waals surface area (Å²) in [6, 6.07) is 15.4. The normalized spacial score (nSPS) is 27.2. The van der Waals surface area contributed by atoms with Crippen molar-refractivity contribution in [3.8, 4) is 0 Å². The molecule has 244 valence electrons. The number of fused-ring (bicyclic) bond motifs is 1. The number of anilines is 1. The van der Waals surface area contributed by atoms with E-state index in [1.807, 2.05) is 63.2 Å². The average Bonchev–Trinajstić information content (AvgIpc) is 3.03. The summed E-state index contributed by atoms with van der Waals surface area (Å²) in [7, 11) is 0. The zero-order valence-corrected chi connectivity index (χ0v) is 26.9. The predicted molar refractivity (Wildman–Crippen MR) is 173 cm³/mol. The molecule has 2 aliphatic heterocycles. The van der Waals surface area contributed by atoms with E-state index in [0.717, 1.165) is 36.0 Å². The lowest BCUT2D eigenvalue weighted by Crippen LogP contribution is -2.61. The van der Waals surface area contributed by atoms with Gasteiger partial charge in [0.1, 0.15) is 6.61 Å². The number of nitrogens with one attached hydrogen (secondary N) is 2. The third-order valence-corrected chi connectivity index (χ3v) is 9.07. The minimum absolute atomic E-state index is 0.0231. The summed E-state index contributed by atoms with van der Waals surface area (Å²) >= 11 is 0. The monoisotopic (exact) mass is 619 g/mol. The van der Waals surface area contributed by atoms with Crippen LogP contribution < -0.4 is 10.6 Å². The predicted octanol–water partition coefficient (Wildman–Crippen LogP) is 6.40. The minimum Gasteiger partial charge on any atom is -0.445 e. The Hall–Kier alpha value is -3.24. The first kappa shape index (κ1) is 33.1. The molecule has 2 saturated heterocycles. The van der Waals surface area contributed by atoms with Gasteiger partial charge in [0.05, 0.1) is 24.9 Å². The molecule has 9 heteroatoms. The Kier molecular flexibility index (Phi) is 11.0. The lowest BCUT2D eigenvalue weighted by molar-refractivity contribution is -0.255. The van der Waals surface area contributed by atoms with Crippen LogP contribution in [0.3, 0.4) is 0 Å². The van der Waals surface area contributed by atoms with Gasteiger partial charge in [-0.2, -0.15) is 0 Å². The molecule has 9 nitrogen and oxygen atoms in total. The van der Waals surface area contributed by atoms with Crippen molar-refractivity contribution in [3.63, 3.8) is 0 Å². The van der Waals surface area contributed by atoms with Gasteiger partial charge in [0.15, 0.2) is 6.29 Å². The minimum atomic E-state index is -0.689. The maximum absolute atomic E-state index is 13.7. The third kappa shape index (κ3) is 8.73. The van der Waals surface area contributed by atoms with Crippen LogP contribution in [-0.2, 0) is 25.6 Å². The smallest absolute Gasteiger partial charge is 0.411 e. The summed E-state index contributed by atoms with van der Waals surface area (Å²) in [4.78, 5) is 28.3. The highest BCUT2D eigenvalue weighted by molar-refractivity contribution is 5.84. The molecule has 1 saturated carbocycles. The van der Waals surface area contributed by atoms with Gasteiger partial charge in [-0.15, -0.1) is 0 Å². The van der Waals surface area contributed by atoms with Crippen LogP contribution >= 0.6 is 0 Å². The molecule has 3 aliphatic rings. The lowest BCUT2D eigenvalue weighted by atomic mass is 9.75. The first-order valence-electron chi connectivity index (χ1n) is 16.4. The third-order valence-electron chi connectivity index (χ3n) is 9.07. The molecule has 3 fully saturated rings. The van der Waals surface area contributed by atoms with Crippen LogP contribution in [0.4, 0.5) is 10.5 Å². The molecule has 0 aromatic heterocycles. The number of nitrogens with zero attached hydrogens (tertiary/aromatic N) is 1. The number of hydrogen-bond donors (Lipinski definition) is 3. The first-order chi connectivity index (χ1) is 21.6. The molecule has 2 amide bonds. The zero-order chi connectivity index (χ0) is 32.0. The fraction of sp³-hybridized carbons (Fsp3) is 0.556. The van der Waals surface area contributed by atoms with Gasteiger partial charge in [0.25, 0.3) is 0 Å². The highest BCUT2D eigenvalue weighted by atomic mass is 16.7. The highest BCUT2D eigenvalue weighted by Gasteiger charge is 2.44. The highest BCUT2D eigenvalue weighted by Crippen LogP contribution is 2.42. The van der Waals surface area contributed by atoms with Gasteiger partial charge in [-0.3, -0.25) is 15.0 Å². The van der Waals surface area contributed by atoms with Gasteiger partial charge in [-0.05, 0) is 75.6 Å². The maximum Gasteiger partial charge on any atom is 0.411 e. The molecule has 45 heavy (non-hydrogen) atoms. The van der Waals surface area contributed by atoms with Crippen LogP contribution in [0.1, 0.15) is 94.8 Å². The van der Waals surface area contributed by atoms with Gasteiger partial charge < -0.3 is 24.6 Å². The van der Waals surface area contributed by atoms with Gasteiger partial charge >= 0.3 is 6.09 Å². The van der Waals surface area contributed by atoms with Crippen molar-refractivity contribution in [1.29, 1.82) is 0 Å². The summed E-state index contributed by atoms with van der Waals surface area (Å²) in [5, 5.41) is 15.6. The summed E-state index contributed by atoms with van der Waals surface area (Å²) in [5.74, 6) is 0.687. The van der Waals surface area contributed by atoms with E-state index in [1.165, 1.54) is 25.3 Å². The Morgan fingerprint density at radius 3 is 2.56 bits per heavy atom. The molecule has 5 rings (SSSR count). The van der Waals surface area contributed by atoms with Crippen molar-refractivity contribution in [2.75, 3.05) is 18.5 Å². The molecule has 0 radical (unpaired) electrons. The Bertz CT molecular complexity index is 1310. The van der Waals surface area contributed by atoms with Crippen LogP contribution in [0.5, 0.6) is 0 Å². The van der Waals surface area contributed by atoms with Crippen molar-refractivity contribution in [2.24, 2.45) is 5.92 Å². The first-order valence-corrected chi connectivity index (χ1v) is 16.4. The van der Waals surface area contributed by atoms with Crippen LogP contribution in [0.2, 0.25) is 0 Å². The summed E-state index contributed by atoms with van der Waals surface area (Å²) < 4.78 is 18.4. The van der Waals surface area contributed by atoms with E-state index in [1.54, 1.807) is 6.07 Å². The molecule has 0 spiro atoms. The number of likely N-dealkylation sites (tertiary alicyclic amines) is 1. The molecule has 2 aromatic rings. The number of ether oxygens (including phenoxy) is 3. The van der Waals surface area contributed by atoms with Crippen LogP contribution in [0.25, 0.3) is 0 Å². The largest absolute Gasteiger partial charge is 0.445 e. The molecule has 2 aromatic carbocycles. The fourth-order valence-electron chi connectivity index (χ4n) is 7.05. The number of piperidine rings is 1. The van der Waals surface area contributed by atoms with Gasteiger partial charge in [-0.25, -0.2) is 4.79 Å². The Morgan fingerprint density at radius 2 is 1.82 bits per heavy atom. The average molecular weight is 620 g/mol. The molecule has 0 bridgehead atoms. The Labute approximate surface area is 267 Å². The maximum atomic E-state index is 13.7. The number of carbonyl (C=O) groups is 2. The Morgan fingerprint density at radius 1 is 1.04 bits per heavy atom. The summed E-state index contributed by atoms with van der Waals surface area (Å²) in [6.07, 6.45) is 7.08. The van der Waals surface area contributed by atoms with E-state index in [0.29, 0.717) is 30.6 Å². The second-order valence-corrected chi connectivity index (χ2v) is 13.6. The molecule has 3 N–H and O–H groups in total. The van der Waals surface area contributed by atoms with E-state index >= 15 is 0 Å². The lowest BCUT2D eigenvalue weighted by Gasteiger charge is -2.50. The molecular formula is C36H49N3O6. The topological polar surface area (TPSA) is 109 Å². The van der Waals surface area contributed by atoms with Gasteiger partial charge in [0.2, 0.25) is 5.91 Å². The fourth-order valence-corrected chi connectivity index (χ4v) is 7.05. The van der Waals surface area contributed by atoms with E-state index in [2.05, 4.69) is 22.1 Å². The van der Waals surface area contributed by atoms with E-state index in [-0.39, 0.29) is 42.9 Å². The van der Waals surface area contributed by atoms with Crippen LogP contribution in [-0.4, -0.2) is 58.9 Å². The van der Waals surface area contributed by atoms with Crippen LogP contribution in [0.15, 0.2) is 61.2 Å². The number of benzene rings is 2. The quantitative estimate of drug-likeness (QED) is 0.279. The van der Waals surface area contributed by atoms with E-state index < -0.39 is 12.4 Å². The van der Waals surface area contributed by atoms with Crippen molar-refractivity contribution in [3.05, 3.63) is 77.9 Å². The van der Waals surface area contributed by atoms with Crippen LogP contribution in [0, 0.1) is 5.92 Å². The van der Waals surface area contributed by atoms with E-state index in [4.69, 9.17) is 14.2 Å². The molecule has 0 unspecified atom stereocenters. The van der Waals surface area contributed by atoms with Crippen molar-refractivity contribution in [1.82, 2.24) is 10.2 Å². The number of hydrogen-bond acceptors (Lipinski definition) is 7. The number of aliphatic hydroxyl groups is 1.